The molecule has 1 aliphatic carbocycles. The normalized spacial score (nSPS) is 52.5. The molecule has 3 fully saturated rings. The summed E-state index contributed by atoms with van der Waals surface area (Å²) >= 11 is 0. The molecular weight excluding hydrogens is 176 g/mol. The first-order chi connectivity index (χ1) is 6.73. The van der Waals surface area contributed by atoms with Gasteiger partial charge in [-0.3, -0.25) is 0 Å². The highest BCUT2D eigenvalue weighted by atomic mass is 16.6. The lowest BCUT2D eigenvalue weighted by molar-refractivity contribution is -0.294. The molecule has 80 valence electrons. The number of aliphatic hydroxyl groups is 1. The Morgan fingerprint density at radius 1 is 0.929 bits per heavy atom. The number of ether oxygens (including phenoxy) is 1. The first-order valence-electron chi connectivity index (χ1n) is 6.15. The maximum atomic E-state index is 10.3. The van der Waals surface area contributed by atoms with Gasteiger partial charge in [-0.25, -0.2) is 0 Å². The molecule has 3 atom stereocenters. The van der Waals surface area contributed by atoms with Crippen LogP contribution in [0.2, 0.25) is 0 Å². The van der Waals surface area contributed by atoms with Gasteiger partial charge in [0.15, 0.2) is 5.79 Å². The van der Waals surface area contributed by atoms with E-state index < -0.39 is 5.79 Å². The van der Waals surface area contributed by atoms with Crippen molar-refractivity contribution in [2.75, 3.05) is 0 Å². The topological polar surface area (TPSA) is 29.5 Å². The van der Waals surface area contributed by atoms with Gasteiger partial charge in [-0.1, -0.05) is 6.42 Å². The molecule has 0 unspecified atom stereocenters. The predicted molar refractivity (Wildman–Crippen MR) is 53.8 cm³/mol. The molecule has 2 nitrogen and oxygen atoms in total. The van der Waals surface area contributed by atoms with Crippen LogP contribution in [0.15, 0.2) is 0 Å². The second kappa shape index (κ2) is 2.96. The average Bonchev–Trinajstić information content (AvgIpc) is 2.44. The van der Waals surface area contributed by atoms with Gasteiger partial charge in [-0.15, -0.1) is 0 Å². The van der Waals surface area contributed by atoms with Gasteiger partial charge < -0.3 is 9.84 Å². The molecule has 0 radical (unpaired) electrons. The number of hydrogen-bond donors (Lipinski definition) is 1. The second-order valence-corrected chi connectivity index (χ2v) is 5.45. The van der Waals surface area contributed by atoms with Gasteiger partial charge in [-0.2, -0.15) is 0 Å². The third-order valence-electron chi connectivity index (χ3n) is 4.58. The summed E-state index contributed by atoms with van der Waals surface area (Å²) in [7, 11) is 0. The van der Waals surface area contributed by atoms with E-state index in [1.165, 1.54) is 32.1 Å². The Balaban J connectivity index is 1.93. The van der Waals surface area contributed by atoms with E-state index in [2.05, 4.69) is 0 Å². The molecule has 2 aliphatic heterocycles. The predicted octanol–water partition coefficient (Wildman–Crippen LogP) is 2.60. The molecule has 14 heavy (non-hydrogen) atoms. The maximum absolute atomic E-state index is 10.3. The summed E-state index contributed by atoms with van der Waals surface area (Å²) in [5, 5.41) is 10.3. The van der Waals surface area contributed by atoms with Crippen molar-refractivity contribution in [1.29, 1.82) is 0 Å². The molecular formula is C12H20O2. The van der Waals surface area contributed by atoms with E-state index in [-0.39, 0.29) is 5.60 Å². The number of hydrogen-bond acceptors (Lipinski definition) is 2. The second-order valence-electron chi connectivity index (χ2n) is 5.45. The molecule has 0 aromatic rings. The van der Waals surface area contributed by atoms with Crippen LogP contribution in [0, 0.1) is 5.92 Å². The Morgan fingerprint density at radius 2 is 1.57 bits per heavy atom. The van der Waals surface area contributed by atoms with Crippen molar-refractivity contribution in [3.63, 3.8) is 0 Å². The summed E-state index contributed by atoms with van der Waals surface area (Å²) in [4.78, 5) is 0. The Morgan fingerprint density at radius 3 is 2.43 bits per heavy atom. The Kier molecular flexibility index (Phi) is 1.94. The lowest BCUT2D eigenvalue weighted by atomic mass is 9.82. The maximum Gasteiger partial charge on any atom is 0.166 e. The molecule has 0 aromatic heterocycles. The van der Waals surface area contributed by atoms with Gasteiger partial charge >= 0.3 is 0 Å². The van der Waals surface area contributed by atoms with E-state index in [9.17, 15) is 5.11 Å². The highest BCUT2D eigenvalue weighted by Gasteiger charge is 2.52. The fourth-order valence-electron chi connectivity index (χ4n) is 3.93. The van der Waals surface area contributed by atoms with Crippen molar-refractivity contribution >= 4 is 0 Å². The summed E-state index contributed by atoms with van der Waals surface area (Å²) < 4.78 is 6.10. The highest BCUT2D eigenvalue weighted by molar-refractivity contribution is 5.00. The highest BCUT2D eigenvalue weighted by Crippen LogP contribution is 2.53. The van der Waals surface area contributed by atoms with Crippen LogP contribution >= 0.6 is 0 Å². The Labute approximate surface area is 85.6 Å². The molecule has 3 rings (SSSR count). The SMILES string of the molecule is O[C@]12CCC[C@H]3CCC[C@@]3(CCC1)O2. The van der Waals surface area contributed by atoms with Crippen LogP contribution in [0.4, 0.5) is 0 Å². The largest absolute Gasteiger partial charge is 0.365 e. The lowest BCUT2D eigenvalue weighted by Crippen LogP contribution is -2.48. The van der Waals surface area contributed by atoms with Crippen molar-refractivity contribution in [2.45, 2.75) is 69.2 Å². The van der Waals surface area contributed by atoms with E-state index in [1.807, 2.05) is 0 Å². The minimum Gasteiger partial charge on any atom is -0.365 e. The van der Waals surface area contributed by atoms with Crippen LogP contribution in [-0.2, 0) is 4.74 Å². The van der Waals surface area contributed by atoms with Gasteiger partial charge in [0, 0.05) is 12.8 Å². The molecule has 1 N–H and O–H groups in total. The number of fused-ring (bicyclic) bond motifs is 1. The summed E-state index contributed by atoms with van der Waals surface area (Å²) in [6.45, 7) is 0. The summed E-state index contributed by atoms with van der Waals surface area (Å²) in [5.74, 6) is -0.00558. The lowest BCUT2D eigenvalue weighted by Gasteiger charge is -2.44. The molecule has 0 aromatic carbocycles. The van der Waals surface area contributed by atoms with Crippen molar-refractivity contribution in [3.05, 3.63) is 0 Å². The van der Waals surface area contributed by atoms with Crippen molar-refractivity contribution in [2.24, 2.45) is 5.92 Å². The minimum atomic E-state index is -0.753. The summed E-state index contributed by atoms with van der Waals surface area (Å²) in [6, 6.07) is 0. The zero-order chi connectivity index (χ0) is 9.65. The molecule has 2 heteroatoms. The van der Waals surface area contributed by atoms with Crippen LogP contribution in [0.3, 0.4) is 0 Å². The van der Waals surface area contributed by atoms with E-state index in [0.29, 0.717) is 0 Å². The van der Waals surface area contributed by atoms with Crippen LogP contribution in [0.1, 0.15) is 57.8 Å². The molecule has 0 amide bonds. The fraction of sp³-hybridized carbons (Fsp3) is 1.00. The molecule has 1 saturated carbocycles. The van der Waals surface area contributed by atoms with E-state index in [1.54, 1.807) is 0 Å². The zero-order valence-electron chi connectivity index (χ0n) is 8.80. The van der Waals surface area contributed by atoms with Gasteiger partial charge in [0.2, 0.25) is 0 Å². The fourth-order valence-corrected chi connectivity index (χ4v) is 3.93. The van der Waals surface area contributed by atoms with Crippen LogP contribution in [-0.4, -0.2) is 16.5 Å². The first kappa shape index (κ1) is 9.17. The van der Waals surface area contributed by atoms with E-state index >= 15 is 0 Å². The molecule has 3 aliphatic rings. The smallest absolute Gasteiger partial charge is 0.166 e. The van der Waals surface area contributed by atoms with Gasteiger partial charge in [-0.05, 0) is 44.4 Å². The molecule has 2 heterocycles. The number of rotatable bonds is 0. The third-order valence-corrected chi connectivity index (χ3v) is 4.58. The van der Waals surface area contributed by atoms with Crippen molar-refractivity contribution in [3.8, 4) is 0 Å². The summed E-state index contributed by atoms with van der Waals surface area (Å²) in [6.07, 6.45) is 10.3. The standard InChI is InChI=1S/C12H20O2/c13-12-8-2-5-10-4-1-6-11(10,14-12)7-3-9-12/h10,13H,1-9H2/t10-,11+,12+/m1/s1. The van der Waals surface area contributed by atoms with Crippen molar-refractivity contribution < 1.29 is 9.84 Å². The van der Waals surface area contributed by atoms with Gasteiger partial charge in [0.25, 0.3) is 0 Å². The third kappa shape index (κ3) is 1.24. The van der Waals surface area contributed by atoms with Crippen molar-refractivity contribution in [1.82, 2.24) is 0 Å². The summed E-state index contributed by atoms with van der Waals surface area (Å²) in [5.41, 5.74) is 0.0868. The van der Waals surface area contributed by atoms with Crippen LogP contribution in [0.25, 0.3) is 0 Å². The first-order valence-corrected chi connectivity index (χ1v) is 6.15. The van der Waals surface area contributed by atoms with Gasteiger partial charge in [0.1, 0.15) is 0 Å². The average molecular weight is 196 g/mol. The molecule has 2 bridgehead atoms. The zero-order valence-corrected chi connectivity index (χ0v) is 8.80. The molecule has 1 spiro atoms. The van der Waals surface area contributed by atoms with Crippen LogP contribution < -0.4 is 0 Å². The molecule has 2 saturated heterocycles. The quantitative estimate of drug-likeness (QED) is 0.645. The Hall–Kier alpha value is -0.0800. The van der Waals surface area contributed by atoms with E-state index in [4.69, 9.17) is 4.74 Å². The van der Waals surface area contributed by atoms with Gasteiger partial charge in [0.05, 0.1) is 5.60 Å². The monoisotopic (exact) mass is 196 g/mol. The van der Waals surface area contributed by atoms with E-state index in [0.717, 1.165) is 31.6 Å². The minimum absolute atomic E-state index is 0.0868. The van der Waals surface area contributed by atoms with Crippen LogP contribution in [0.5, 0.6) is 0 Å². The Bertz CT molecular complexity index is 240.